The van der Waals surface area contributed by atoms with E-state index in [4.69, 9.17) is 23.7 Å². The lowest BCUT2D eigenvalue weighted by Crippen LogP contribution is -2.29. The molecule has 0 saturated carbocycles. The van der Waals surface area contributed by atoms with Crippen molar-refractivity contribution >= 4 is 33.3 Å². The molecular formula is C11H15N3O4S2. The molecule has 20 heavy (non-hydrogen) atoms. The Bertz CT molecular complexity index is 629. The zero-order valence-electron chi connectivity index (χ0n) is 10.8. The molecule has 1 aromatic carbocycles. The van der Waals surface area contributed by atoms with Gasteiger partial charge in [0.15, 0.2) is 0 Å². The molecular weight excluding hydrogens is 302 g/mol. The molecule has 5 N–H and O–H groups in total. The molecule has 0 aliphatic heterocycles. The number of sulfonamides is 1. The maximum absolute atomic E-state index is 12.0. The van der Waals surface area contributed by atoms with Gasteiger partial charge in [0.25, 0.3) is 0 Å². The number of nitrogens with one attached hydrogen (secondary N) is 1. The van der Waals surface area contributed by atoms with Crippen LogP contribution in [0.5, 0.6) is 0 Å². The summed E-state index contributed by atoms with van der Waals surface area (Å²) in [4.78, 5) is 10.7. The second-order valence-corrected chi connectivity index (χ2v) is 6.09. The highest BCUT2D eigenvalue weighted by atomic mass is 32.2. The van der Waals surface area contributed by atoms with Crippen LogP contribution < -0.4 is 16.2 Å². The normalized spacial score (nSPS) is 11.1. The number of nitrogens with two attached hydrogens (primary N) is 2. The number of ether oxygens (including phenoxy) is 1. The minimum Gasteiger partial charge on any atom is -0.448 e. The van der Waals surface area contributed by atoms with E-state index < -0.39 is 16.1 Å². The summed E-state index contributed by atoms with van der Waals surface area (Å²) in [6.45, 7) is 1.43. The van der Waals surface area contributed by atoms with Crippen molar-refractivity contribution in [2.24, 2.45) is 11.5 Å². The van der Waals surface area contributed by atoms with Crippen molar-refractivity contribution in [2.75, 3.05) is 13.2 Å². The molecule has 0 heterocycles. The summed E-state index contributed by atoms with van der Waals surface area (Å²) < 4.78 is 30.8. The van der Waals surface area contributed by atoms with Gasteiger partial charge >= 0.3 is 6.09 Å². The molecule has 1 rings (SSSR count). The van der Waals surface area contributed by atoms with Crippen molar-refractivity contribution in [1.29, 1.82) is 0 Å². The van der Waals surface area contributed by atoms with E-state index in [1.807, 2.05) is 0 Å². The number of amides is 1. The Morgan fingerprint density at radius 1 is 1.40 bits per heavy atom. The molecule has 0 aliphatic rings. The van der Waals surface area contributed by atoms with Crippen LogP contribution in [0.3, 0.4) is 0 Å². The van der Waals surface area contributed by atoms with Crippen LogP contribution in [0.2, 0.25) is 0 Å². The molecule has 0 saturated heterocycles. The van der Waals surface area contributed by atoms with Crippen molar-refractivity contribution in [1.82, 2.24) is 4.72 Å². The second kappa shape index (κ2) is 6.64. The summed E-state index contributed by atoms with van der Waals surface area (Å²) in [5.74, 6) is 0. The first kappa shape index (κ1) is 16.3. The van der Waals surface area contributed by atoms with Gasteiger partial charge in [-0.1, -0.05) is 18.3 Å². The predicted molar refractivity (Wildman–Crippen MR) is 77.8 cm³/mol. The summed E-state index contributed by atoms with van der Waals surface area (Å²) in [6.07, 6.45) is -0.957. The van der Waals surface area contributed by atoms with E-state index in [1.165, 1.54) is 12.1 Å². The lowest BCUT2D eigenvalue weighted by atomic mass is 10.1. The van der Waals surface area contributed by atoms with E-state index in [1.54, 1.807) is 13.0 Å². The first-order valence-electron chi connectivity index (χ1n) is 5.56. The van der Waals surface area contributed by atoms with Crippen molar-refractivity contribution < 1.29 is 17.9 Å². The lowest BCUT2D eigenvalue weighted by Gasteiger charge is -2.10. The van der Waals surface area contributed by atoms with Crippen LogP contribution in [-0.2, 0) is 14.8 Å². The first-order chi connectivity index (χ1) is 9.24. The van der Waals surface area contributed by atoms with E-state index in [0.717, 1.165) is 0 Å². The van der Waals surface area contributed by atoms with Crippen LogP contribution in [0.25, 0.3) is 0 Å². The predicted octanol–water partition coefficient (Wildman–Crippen LogP) is 0.00282. The third-order valence-corrected chi connectivity index (χ3v) is 4.24. The SMILES string of the molecule is Cc1cc(C(N)=S)ccc1S(=O)(=O)NCCOC(N)=O. The highest BCUT2D eigenvalue weighted by Gasteiger charge is 2.16. The molecule has 0 atom stereocenters. The van der Waals surface area contributed by atoms with E-state index in [-0.39, 0.29) is 23.0 Å². The van der Waals surface area contributed by atoms with Gasteiger partial charge in [0.2, 0.25) is 10.0 Å². The number of rotatable bonds is 6. The number of hydrogen-bond acceptors (Lipinski definition) is 5. The van der Waals surface area contributed by atoms with Gasteiger partial charge in [-0.25, -0.2) is 17.9 Å². The average molecular weight is 317 g/mol. The molecule has 0 aliphatic carbocycles. The molecule has 110 valence electrons. The fourth-order valence-electron chi connectivity index (χ4n) is 1.51. The van der Waals surface area contributed by atoms with Gasteiger partial charge in [-0.3, -0.25) is 0 Å². The summed E-state index contributed by atoms with van der Waals surface area (Å²) in [5.41, 5.74) is 11.3. The molecule has 9 heteroatoms. The number of hydrogen-bond donors (Lipinski definition) is 3. The van der Waals surface area contributed by atoms with Crippen molar-refractivity contribution in [3.05, 3.63) is 29.3 Å². The van der Waals surface area contributed by atoms with Crippen LogP contribution in [0.4, 0.5) is 4.79 Å². The van der Waals surface area contributed by atoms with Crippen molar-refractivity contribution in [2.45, 2.75) is 11.8 Å². The van der Waals surface area contributed by atoms with Crippen LogP contribution >= 0.6 is 12.2 Å². The quantitative estimate of drug-likeness (QED) is 0.501. The van der Waals surface area contributed by atoms with Crippen LogP contribution in [0.15, 0.2) is 23.1 Å². The highest BCUT2D eigenvalue weighted by molar-refractivity contribution is 7.89. The largest absolute Gasteiger partial charge is 0.448 e. The first-order valence-corrected chi connectivity index (χ1v) is 7.45. The third kappa shape index (κ3) is 4.44. The zero-order valence-corrected chi connectivity index (χ0v) is 12.4. The summed E-state index contributed by atoms with van der Waals surface area (Å²) in [6, 6.07) is 4.54. The van der Waals surface area contributed by atoms with Gasteiger partial charge in [-0.15, -0.1) is 0 Å². The van der Waals surface area contributed by atoms with Crippen molar-refractivity contribution in [3.63, 3.8) is 0 Å². The van der Waals surface area contributed by atoms with Crippen molar-refractivity contribution in [3.8, 4) is 0 Å². The summed E-state index contributed by atoms with van der Waals surface area (Å²) in [7, 11) is -3.70. The Morgan fingerprint density at radius 3 is 2.55 bits per heavy atom. The third-order valence-electron chi connectivity index (χ3n) is 2.39. The maximum Gasteiger partial charge on any atom is 0.404 e. The van der Waals surface area contributed by atoms with Gasteiger partial charge in [0.05, 0.1) is 4.90 Å². The minimum absolute atomic E-state index is 0.0677. The molecule has 0 bridgehead atoms. The highest BCUT2D eigenvalue weighted by Crippen LogP contribution is 2.16. The van der Waals surface area contributed by atoms with E-state index in [2.05, 4.69) is 9.46 Å². The molecule has 1 aromatic rings. The van der Waals surface area contributed by atoms with Crippen LogP contribution in [-0.4, -0.2) is 32.7 Å². The number of aryl methyl sites for hydroxylation is 1. The Balaban J connectivity index is 2.82. The number of primary amides is 1. The number of thiocarbonyl (C=S) groups is 1. The Morgan fingerprint density at radius 2 is 2.05 bits per heavy atom. The molecule has 0 aromatic heterocycles. The smallest absolute Gasteiger partial charge is 0.404 e. The molecule has 0 spiro atoms. The van der Waals surface area contributed by atoms with Gasteiger partial charge < -0.3 is 16.2 Å². The molecule has 7 nitrogen and oxygen atoms in total. The van der Waals surface area contributed by atoms with E-state index in [0.29, 0.717) is 11.1 Å². The molecule has 0 unspecified atom stereocenters. The Kier molecular flexibility index (Phi) is 5.43. The average Bonchev–Trinajstić information content (AvgIpc) is 2.34. The molecule has 1 amide bonds. The van der Waals surface area contributed by atoms with Gasteiger partial charge in [-0.2, -0.15) is 0 Å². The van der Waals surface area contributed by atoms with Gasteiger partial charge in [0, 0.05) is 12.1 Å². The molecule has 0 radical (unpaired) electrons. The number of carbonyl (C=O) groups excluding carboxylic acids is 1. The second-order valence-electron chi connectivity index (χ2n) is 3.91. The van der Waals surface area contributed by atoms with Crippen LogP contribution in [0.1, 0.15) is 11.1 Å². The summed E-state index contributed by atoms with van der Waals surface area (Å²) in [5, 5.41) is 0. The van der Waals surface area contributed by atoms with Gasteiger partial charge in [0.1, 0.15) is 11.6 Å². The van der Waals surface area contributed by atoms with Gasteiger partial charge in [-0.05, 0) is 24.6 Å². The minimum atomic E-state index is -3.70. The lowest BCUT2D eigenvalue weighted by molar-refractivity contribution is 0.159. The molecule has 0 fully saturated rings. The zero-order chi connectivity index (χ0) is 15.3. The Hall–Kier alpha value is -1.71. The monoisotopic (exact) mass is 317 g/mol. The Labute approximate surface area is 122 Å². The van der Waals surface area contributed by atoms with E-state index in [9.17, 15) is 13.2 Å². The number of benzene rings is 1. The number of carbonyl (C=O) groups is 1. The maximum atomic E-state index is 12.0. The fourth-order valence-corrected chi connectivity index (χ4v) is 2.87. The van der Waals surface area contributed by atoms with E-state index >= 15 is 0 Å². The van der Waals surface area contributed by atoms with Crippen LogP contribution in [0, 0.1) is 6.92 Å². The topological polar surface area (TPSA) is 125 Å². The standard InChI is InChI=1S/C11H15N3O4S2/c1-7-6-8(10(12)19)2-3-9(7)20(16,17)14-4-5-18-11(13)15/h2-3,6,14H,4-5H2,1H3,(H2,12,19)(H2,13,15). The summed E-state index contributed by atoms with van der Waals surface area (Å²) >= 11 is 4.82. The fraction of sp³-hybridized carbons (Fsp3) is 0.273.